The summed E-state index contributed by atoms with van der Waals surface area (Å²) in [6.45, 7) is 2.82. The Morgan fingerprint density at radius 1 is 1.33 bits per heavy atom. The fourth-order valence-corrected chi connectivity index (χ4v) is 4.00. The standard InChI is InChI=1S/C18H18N4OS/c1-13-9-12-24-15(13)7-8-17(23)21-11-4-5-14(21)18-20-19-16-6-2-3-10-22(16)18/h2-3,6-10,12,14H,4-5,11H2,1H3/b8-7+/t14-/m1/s1. The number of nitrogens with zero attached hydrogens (tertiary/aromatic N) is 4. The summed E-state index contributed by atoms with van der Waals surface area (Å²) < 4.78 is 1.98. The molecule has 0 unspecified atom stereocenters. The summed E-state index contributed by atoms with van der Waals surface area (Å²) in [6.07, 6.45) is 7.47. The van der Waals surface area contributed by atoms with Crippen molar-refractivity contribution >= 4 is 29.0 Å². The first kappa shape index (κ1) is 15.1. The van der Waals surface area contributed by atoms with E-state index in [9.17, 15) is 4.79 Å². The van der Waals surface area contributed by atoms with Crippen molar-refractivity contribution in [3.8, 4) is 0 Å². The van der Waals surface area contributed by atoms with Crippen molar-refractivity contribution in [1.82, 2.24) is 19.5 Å². The Labute approximate surface area is 144 Å². The summed E-state index contributed by atoms with van der Waals surface area (Å²) in [4.78, 5) is 15.7. The number of fused-ring (bicyclic) bond motifs is 1. The Morgan fingerprint density at radius 3 is 3.08 bits per heavy atom. The molecule has 122 valence electrons. The van der Waals surface area contributed by atoms with E-state index in [-0.39, 0.29) is 11.9 Å². The second-order valence-electron chi connectivity index (χ2n) is 5.98. The molecule has 0 spiro atoms. The highest BCUT2D eigenvalue weighted by atomic mass is 32.1. The van der Waals surface area contributed by atoms with Gasteiger partial charge in [0.1, 0.15) is 0 Å². The van der Waals surface area contributed by atoms with Gasteiger partial charge in [-0.1, -0.05) is 6.07 Å². The third kappa shape index (κ3) is 2.63. The van der Waals surface area contributed by atoms with Gasteiger partial charge in [-0.05, 0) is 55.0 Å². The largest absolute Gasteiger partial charge is 0.329 e. The van der Waals surface area contributed by atoms with Gasteiger partial charge in [-0.3, -0.25) is 9.20 Å². The van der Waals surface area contributed by atoms with Gasteiger partial charge in [0.05, 0.1) is 6.04 Å². The van der Waals surface area contributed by atoms with Crippen LogP contribution in [0.5, 0.6) is 0 Å². The number of pyridine rings is 1. The van der Waals surface area contributed by atoms with Gasteiger partial charge in [-0.25, -0.2) is 0 Å². The molecule has 1 aliphatic rings. The lowest BCUT2D eigenvalue weighted by molar-refractivity contribution is -0.127. The Kier molecular flexibility index (Phi) is 3.90. The molecule has 1 amide bonds. The van der Waals surface area contributed by atoms with Crippen LogP contribution in [0.4, 0.5) is 0 Å². The number of hydrogen-bond acceptors (Lipinski definition) is 4. The zero-order valence-electron chi connectivity index (χ0n) is 13.4. The maximum Gasteiger partial charge on any atom is 0.247 e. The molecule has 0 radical (unpaired) electrons. The lowest BCUT2D eigenvalue weighted by atomic mass is 10.2. The van der Waals surface area contributed by atoms with Crippen LogP contribution in [-0.4, -0.2) is 31.9 Å². The molecule has 0 saturated carbocycles. The fourth-order valence-electron chi connectivity index (χ4n) is 3.18. The number of carbonyl (C=O) groups is 1. The van der Waals surface area contributed by atoms with Gasteiger partial charge >= 0.3 is 0 Å². The van der Waals surface area contributed by atoms with Crippen molar-refractivity contribution in [2.24, 2.45) is 0 Å². The summed E-state index contributed by atoms with van der Waals surface area (Å²) in [6, 6.07) is 7.88. The van der Waals surface area contributed by atoms with E-state index >= 15 is 0 Å². The molecular formula is C18H18N4OS. The van der Waals surface area contributed by atoms with Crippen LogP contribution in [-0.2, 0) is 4.79 Å². The quantitative estimate of drug-likeness (QED) is 0.687. The van der Waals surface area contributed by atoms with Gasteiger partial charge in [-0.15, -0.1) is 21.5 Å². The van der Waals surface area contributed by atoms with E-state index < -0.39 is 0 Å². The summed E-state index contributed by atoms with van der Waals surface area (Å²) in [5.41, 5.74) is 2.02. The van der Waals surface area contributed by atoms with Gasteiger partial charge in [0, 0.05) is 23.7 Å². The molecule has 1 aliphatic heterocycles. The third-order valence-electron chi connectivity index (χ3n) is 4.45. The van der Waals surface area contributed by atoms with E-state index in [1.165, 1.54) is 5.56 Å². The lowest BCUT2D eigenvalue weighted by Gasteiger charge is -2.22. The van der Waals surface area contributed by atoms with Crippen molar-refractivity contribution < 1.29 is 4.79 Å². The number of likely N-dealkylation sites (tertiary alicyclic amines) is 1. The normalized spacial score (nSPS) is 18.0. The van der Waals surface area contributed by atoms with Crippen LogP contribution >= 0.6 is 11.3 Å². The number of rotatable bonds is 3. The SMILES string of the molecule is Cc1ccsc1/C=C/C(=O)N1CCC[C@@H]1c1nnc2ccccn12. The van der Waals surface area contributed by atoms with Crippen LogP contribution in [0.2, 0.25) is 0 Å². The Morgan fingerprint density at radius 2 is 2.25 bits per heavy atom. The molecule has 3 aromatic heterocycles. The smallest absolute Gasteiger partial charge is 0.247 e. The van der Waals surface area contributed by atoms with Crippen molar-refractivity contribution in [3.05, 3.63) is 58.2 Å². The Hall–Kier alpha value is -2.47. The summed E-state index contributed by atoms with van der Waals surface area (Å²) in [5.74, 6) is 0.884. The molecule has 1 atom stereocenters. The zero-order valence-corrected chi connectivity index (χ0v) is 14.2. The van der Waals surface area contributed by atoms with Gasteiger partial charge < -0.3 is 4.90 Å². The molecule has 24 heavy (non-hydrogen) atoms. The maximum atomic E-state index is 12.7. The lowest BCUT2D eigenvalue weighted by Crippen LogP contribution is -2.30. The molecule has 0 aromatic carbocycles. The van der Waals surface area contributed by atoms with Crippen molar-refractivity contribution in [1.29, 1.82) is 0 Å². The third-order valence-corrected chi connectivity index (χ3v) is 5.44. The average molecular weight is 338 g/mol. The van der Waals surface area contributed by atoms with Crippen molar-refractivity contribution in [2.75, 3.05) is 6.54 Å². The number of aryl methyl sites for hydroxylation is 1. The molecular weight excluding hydrogens is 320 g/mol. The van der Waals surface area contributed by atoms with E-state index in [1.807, 2.05) is 45.2 Å². The number of hydrogen-bond donors (Lipinski definition) is 0. The number of amides is 1. The van der Waals surface area contributed by atoms with Gasteiger partial charge in [0.2, 0.25) is 5.91 Å². The van der Waals surface area contributed by atoms with Crippen LogP contribution in [0.1, 0.15) is 35.1 Å². The zero-order chi connectivity index (χ0) is 16.5. The monoisotopic (exact) mass is 338 g/mol. The molecule has 4 heterocycles. The number of thiophene rings is 1. The molecule has 3 aromatic rings. The molecule has 0 aliphatic carbocycles. The predicted molar refractivity (Wildman–Crippen MR) is 94.8 cm³/mol. The first-order chi connectivity index (χ1) is 11.7. The number of aromatic nitrogens is 3. The van der Waals surface area contributed by atoms with Crippen LogP contribution in [0.15, 0.2) is 41.9 Å². The average Bonchev–Trinajstić information content (AvgIpc) is 3.31. The van der Waals surface area contributed by atoms with Crippen molar-refractivity contribution in [3.63, 3.8) is 0 Å². The first-order valence-electron chi connectivity index (χ1n) is 8.06. The molecule has 4 rings (SSSR count). The number of carbonyl (C=O) groups excluding carboxylic acids is 1. The Balaban J connectivity index is 1.59. The predicted octanol–water partition coefficient (Wildman–Crippen LogP) is 3.48. The Bertz CT molecular complexity index is 911. The summed E-state index contributed by atoms with van der Waals surface area (Å²) in [5, 5.41) is 10.6. The maximum absolute atomic E-state index is 12.7. The van der Waals surface area contributed by atoms with E-state index in [0.717, 1.165) is 35.7 Å². The minimum Gasteiger partial charge on any atom is -0.329 e. The van der Waals surface area contributed by atoms with E-state index in [4.69, 9.17) is 0 Å². The highest BCUT2D eigenvalue weighted by molar-refractivity contribution is 7.11. The summed E-state index contributed by atoms with van der Waals surface area (Å²) in [7, 11) is 0. The highest BCUT2D eigenvalue weighted by Crippen LogP contribution is 2.31. The summed E-state index contributed by atoms with van der Waals surface area (Å²) >= 11 is 1.65. The van der Waals surface area contributed by atoms with E-state index in [0.29, 0.717) is 0 Å². The minimum atomic E-state index is -0.0102. The van der Waals surface area contributed by atoms with Crippen LogP contribution < -0.4 is 0 Å². The second-order valence-corrected chi connectivity index (χ2v) is 6.93. The molecule has 1 fully saturated rings. The van der Waals surface area contributed by atoms with Crippen LogP contribution in [0.3, 0.4) is 0 Å². The van der Waals surface area contributed by atoms with Crippen molar-refractivity contribution in [2.45, 2.75) is 25.8 Å². The highest BCUT2D eigenvalue weighted by Gasteiger charge is 2.32. The van der Waals surface area contributed by atoms with E-state index in [2.05, 4.69) is 23.2 Å². The van der Waals surface area contributed by atoms with Gasteiger partial charge in [0.25, 0.3) is 0 Å². The molecule has 6 heteroatoms. The second kappa shape index (κ2) is 6.20. The fraction of sp³-hybridized carbons (Fsp3) is 0.278. The topological polar surface area (TPSA) is 50.5 Å². The van der Waals surface area contributed by atoms with Crippen LogP contribution in [0, 0.1) is 6.92 Å². The van der Waals surface area contributed by atoms with Gasteiger partial charge in [0.15, 0.2) is 11.5 Å². The molecule has 5 nitrogen and oxygen atoms in total. The minimum absolute atomic E-state index is 0.0102. The molecule has 1 saturated heterocycles. The van der Waals surface area contributed by atoms with E-state index in [1.54, 1.807) is 17.4 Å². The molecule has 0 N–H and O–H groups in total. The van der Waals surface area contributed by atoms with Crippen LogP contribution in [0.25, 0.3) is 11.7 Å². The molecule has 0 bridgehead atoms. The first-order valence-corrected chi connectivity index (χ1v) is 8.94. The van der Waals surface area contributed by atoms with Gasteiger partial charge in [-0.2, -0.15) is 0 Å².